The lowest BCUT2D eigenvalue weighted by Gasteiger charge is -2.20. The summed E-state index contributed by atoms with van der Waals surface area (Å²) in [7, 11) is 1.53. The van der Waals surface area contributed by atoms with E-state index in [2.05, 4.69) is 10.3 Å². The predicted octanol–water partition coefficient (Wildman–Crippen LogP) is 0.943. The SMILES string of the molecule is CCN(CC(=O)NC)C(=O)c1ccncc1Cl. The summed E-state index contributed by atoms with van der Waals surface area (Å²) in [6.07, 6.45) is 2.90. The van der Waals surface area contributed by atoms with Crippen LogP contribution in [0.15, 0.2) is 18.5 Å². The third kappa shape index (κ3) is 3.42. The molecule has 1 aromatic heterocycles. The Labute approximate surface area is 105 Å². The smallest absolute Gasteiger partial charge is 0.255 e. The van der Waals surface area contributed by atoms with Gasteiger partial charge in [0.25, 0.3) is 5.91 Å². The van der Waals surface area contributed by atoms with Crippen molar-refractivity contribution in [3.8, 4) is 0 Å². The van der Waals surface area contributed by atoms with Crippen LogP contribution < -0.4 is 5.32 Å². The van der Waals surface area contributed by atoms with Gasteiger partial charge < -0.3 is 10.2 Å². The van der Waals surface area contributed by atoms with Crippen molar-refractivity contribution in [1.82, 2.24) is 15.2 Å². The zero-order valence-corrected chi connectivity index (χ0v) is 10.5. The summed E-state index contributed by atoms with van der Waals surface area (Å²) in [6.45, 7) is 2.26. The number of nitrogens with one attached hydrogen (secondary N) is 1. The Morgan fingerprint density at radius 3 is 2.76 bits per heavy atom. The molecule has 0 saturated carbocycles. The van der Waals surface area contributed by atoms with Crippen molar-refractivity contribution in [2.75, 3.05) is 20.1 Å². The highest BCUT2D eigenvalue weighted by molar-refractivity contribution is 6.33. The summed E-state index contributed by atoms with van der Waals surface area (Å²) in [4.78, 5) is 28.6. The van der Waals surface area contributed by atoms with Crippen LogP contribution in [0, 0.1) is 0 Å². The predicted molar refractivity (Wildman–Crippen MR) is 64.9 cm³/mol. The first kappa shape index (κ1) is 13.4. The molecule has 1 rings (SSSR count). The molecule has 0 aliphatic rings. The molecule has 1 N–H and O–H groups in total. The average molecular weight is 256 g/mol. The topological polar surface area (TPSA) is 62.3 Å². The number of likely N-dealkylation sites (N-methyl/N-ethyl adjacent to an activating group) is 2. The van der Waals surface area contributed by atoms with Gasteiger partial charge in [-0.05, 0) is 13.0 Å². The molecule has 0 radical (unpaired) electrons. The molecule has 6 heteroatoms. The van der Waals surface area contributed by atoms with Crippen LogP contribution in [0.25, 0.3) is 0 Å². The Bertz CT molecular complexity index is 423. The van der Waals surface area contributed by atoms with Crippen LogP contribution in [-0.2, 0) is 4.79 Å². The van der Waals surface area contributed by atoms with Crippen LogP contribution in [-0.4, -0.2) is 41.8 Å². The van der Waals surface area contributed by atoms with Crippen molar-refractivity contribution < 1.29 is 9.59 Å². The van der Waals surface area contributed by atoms with Crippen molar-refractivity contribution in [3.63, 3.8) is 0 Å². The van der Waals surface area contributed by atoms with Crippen LogP contribution in [0.4, 0.5) is 0 Å². The van der Waals surface area contributed by atoms with Gasteiger partial charge in [0, 0.05) is 26.0 Å². The Balaban J connectivity index is 2.87. The number of carbonyl (C=O) groups is 2. The monoisotopic (exact) mass is 255 g/mol. The summed E-state index contributed by atoms with van der Waals surface area (Å²) in [6, 6.07) is 1.54. The molecule has 0 saturated heterocycles. The molecule has 0 bridgehead atoms. The van der Waals surface area contributed by atoms with Gasteiger partial charge in [-0.2, -0.15) is 0 Å². The maximum Gasteiger partial charge on any atom is 0.255 e. The Kier molecular flexibility index (Phi) is 4.90. The van der Waals surface area contributed by atoms with E-state index in [0.717, 1.165) is 0 Å². The van der Waals surface area contributed by atoms with Crippen molar-refractivity contribution >= 4 is 23.4 Å². The number of aromatic nitrogens is 1. The number of amides is 2. The van der Waals surface area contributed by atoms with Crippen molar-refractivity contribution in [2.45, 2.75) is 6.92 Å². The van der Waals surface area contributed by atoms with Crippen LogP contribution in [0.1, 0.15) is 17.3 Å². The molecule has 0 spiro atoms. The largest absolute Gasteiger partial charge is 0.358 e. The zero-order chi connectivity index (χ0) is 12.8. The van der Waals surface area contributed by atoms with Crippen molar-refractivity contribution in [2.24, 2.45) is 0 Å². The number of halogens is 1. The van der Waals surface area contributed by atoms with E-state index in [1.165, 1.54) is 30.4 Å². The number of carbonyl (C=O) groups excluding carboxylic acids is 2. The van der Waals surface area contributed by atoms with Gasteiger partial charge in [0.05, 0.1) is 17.1 Å². The lowest BCUT2D eigenvalue weighted by atomic mass is 10.2. The Hall–Kier alpha value is -1.62. The Morgan fingerprint density at radius 2 is 2.24 bits per heavy atom. The number of hydrogen-bond donors (Lipinski definition) is 1. The minimum Gasteiger partial charge on any atom is -0.358 e. The second-order valence-corrected chi connectivity index (χ2v) is 3.76. The van der Waals surface area contributed by atoms with E-state index in [1.54, 1.807) is 6.92 Å². The molecular weight excluding hydrogens is 242 g/mol. The van der Waals surface area contributed by atoms with Gasteiger partial charge in [0.2, 0.25) is 5.91 Å². The molecular formula is C11H14ClN3O2. The zero-order valence-electron chi connectivity index (χ0n) is 9.74. The molecule has 17 heavy (non-hydrogen) atoms. The fraction of sp³-hybridized carbons (Fsp3) is 0.364. The number of nitrogens with zero attached hydrogens (tertiary/aromatic N) is 2. The van der Waals surface area contributed by atoms with Gasteiger partial charge in [-0.3, -0.25) is 14.6 Å². The summed E-state index contributed by atoms with van der Waals surface area (Å²) >= 11 is 5.88. The maximum atomic E-state index is 12.1. The van der Waals surface area contributed by atoms with Crippen LogP contribution >= 0.6 is 11.6 Å². The molecule has 0 fully saturated rings. The molecule has 0 aliphatic heterocycles. The minimum atomic E-state index is -0.275. The molecule has 92 valence electrons. The van der Waals surface area contributed by atoms with Gasteiger partial charge in [-0.15, -0.1) is 0 Å². The van der Waals surface area contributed by atoms with Gasteiger partial charge in [-0.1, -0.05) is 11.6 Å². The van der Waals surface area contributed by atoms with Gasteiger partial charge in [-0.25, -0.2) is 0 Å². The highest BCUT2D eigenvalue weighted by Crippen LogP contribution is 2.15. The number of hydrogen-bond acceptors (Lipinski definition) is 3. The normalized spacial score (nSPS) is 9.82. The van der Waals surface area contributed by atoms with Crippen LogP contribution in [0.5, 0.6) is 0 Å². The van der Waals surface area contributed by atoms with Crippen molar-refractivity contribution in [3.05, 3.63) is 29.0 Å². The minimum absolute atomic E-state index is 0.0183. The first-order valence-corrected chi connectivity index (χ1v) is 5.57. The summed E-state index contributed by atoms with van der Waals surface area (Å²) < 4.78 is 0. The fourth-order valence-electron chi connectivity index (χ4n) is 1.30. The lowest BCUT2D eigenvalue weighted by Crippen LogP contribution is -2.39. The molecule has 1 aromatic rings. The lowest BCUT2D eigenvalue weighted by molar-refractivity contribution is -0.121. The second-order valence-electron chi connectivity index (χ2n) is 3.35. The van der Waals surface area contributed by atoms with Crippen LogP contribution in [0.3, 0.4) is 0 Å². The molecule has 0 aromatic carbocycles. The Morgan fingerprint density at radius 1 is 1.53 bits per heavy atom. The van der Waals surface area contributed by atoms with Gasteiger partial charge in [0.1, 0.15) is 0 Å². The average Bonchev–Trinajstić information content (AvgIpc) is 2.35. The number of pyridine rings is 1. The molecule has 0 unspecified atom stereocenters. The van der Waals surface area contributed by atoms with Gasteiger partial charge in [0.15, 0.2) is 0 Å². The fourth-order valence-corrected chi connectivity index (χ4v) is 1.50. The molecule has 0 aliphatic carbocycles. The van der Waals surface area contributed by atoms with E-state index in [0.29, 0.717) is 12.1 Å². The molecule has 2 amide bonds. The van der Waals surface area contributed by atoms with E-state index in [9.17, 15) is 9.59 Å². The molecule has 1 heterocycles. The number of rotatable bonds is 4. The summed E-state index contributed by atoms with van der Waals surface area (Å²) in [5, 5.41) is 2.76. The molecule has 0 atom stereocenters. The van der Waals surface area contributed by atoms with Gasteiger partial charge >= 0.3 is 0 Å². The first-order valence-electron chi connectivity index (χ1n) is 5.19. The highest BCUT2D eigenvalue weighted by atomic mass is 35.5. The standard InChI is InChI=1S/C11H14ClN3O2/c1-3-15(7-10(16)13-2)11(17)8-4-5-14-6-9(8)12/h4-6H,3,7H2,1-2H3,(H,13,16). The summed E-state index contributed by atoms with van der Waals surface area (Å²) in [5.41, 5.74) is 0.354. The second kappa shape index (κ2) is 6.20. The van der Waals surface area contributed by atoms with Crippen molar-refractivity contribution in [1.29, 1.82) is 0 Å². The third-order valence-electron chi connectivity index (χ3n) is 2.29. The van der Waals surface area contributed by atoms with E-state index >= 15 is 0 Å². The van der Waals surface area contributed by atoms with E-state index < -0.39 is 0 Å². The van der Waals surface area contributed by atoms with E-state index in [4.69, 9.17) is 11.6 Å². The summed E-state index contributed by atoms with van der Waals surface area (Å²) in [5.74, 6) is -0.492. The molecule has 5 nitrogen and oxygen atoms in total. The first-order chi connectivity index (χ1) is 8.10. The third-order valence-corrected chi connectivity index (χ3v) is 2.59. The highest BCUT2D eigenvalue weighted by Gasteiger charge is 2.18. The van der Waals surface area contributed by atoms with E-state index in [-0.39, 0.29) is 23.4 Å². The quantitative estimate of drug-likeness (QED) is 0.871. The van der Waals surface area contributed by atoms with E-state index in [1.807, 2.05) is 0 Å². The van der Waals surface area contributed by atoms with Crippen LogP contribution in [0.2, 0.25) is 5.02 Å². The maximum absolute atomic E-state index is 12.1.